The van der Waals surface area contributed by atoms with Crippen molar-refractivity contribution in [2.24, 2.45) is 13.0 Å². The lowest BCUT2D eigenvalue weighted by Gasteiger charge is -2.31. The Morgan fingerprint density at radius 3 is 3.00 bits per heavy atom. The Bertz CT molecular complexity index is 549. The third-order valence-electron chi connectivity index (χ3n) is 3.43. The maximum Gasteiger partial charge on any atom is 0.245 e. The summed E-state index contributed by atoms with van der Waals surface area (Å²) in [7, 11) is 1.86. The van der Waals surface area contributed by atoms with E-state index in [2.05, 4.69) is 30.6 Å². The molecule has 1 saturated heterocycles. The third kappa shape index (κ3) is 2.56. The molecule has 2 aromatic heterocycles. The lowest BCUT2D eigenvalue weighted by atomic mass is 9.95. The number of hydrogen-bond acceptors (Lipinski definition) is 7. The second-order valence-electron chi connectivity index (χ2n) is 5.00. The summed E-state index contributed by atoms with van der Waals surface area (Å²) in [5.41, 5.74) is 0. The van der Waals surface area contributed by atoms with Gasteiger partial charge in [-0.05, 0) is 36.1 Å². The minimum atomic E-state index is 0.505. The molecule has 1 fully saturated rings. The summed E-state index contributed by atoms with van der Waals surface area (Å²) >= 11 is 0. The molecule has 8 heteroatoms. The predicted molar refractivity (Wildman–Crippen MR) is 66.5 cm³/mol. The SMILES string of the molecule is Cc1noc(CC2CCCN(c3nnnn3C)C2)n1. The number of tetrazole rings is 1. The molecule has 0 saturated carbocycles. The standard InChI is InChI=1S/C11H17N7O/c1-8-12-10(19-14-8)6-9-4-3-5-18(7-9)11-13-15-16-17(11)2/h9H,3-7H2,1-2H3. The lowest BCUT2D eigenvalue weighted by Crippen LogP contribution is -2.37. The summed E-state index contributed by atoms with van der Waals surface area (Å²) in [5, 5.41) is 15.5. The largest absolute Gasteiger partial charge is 0.339 e. The van der Waals surface area contributed by atoms with E-state index in [1.165, 1.54) is 6.42 Å². The zero-order valence-electron chi connectivity index (χ0n) is 11.2. The van der Waals surface area contributed by atoms with Crippen molar-refractivity contribution < 1.29 is 4.52 Å². The molecule has 0 bridgehead atoms. The van der Waals surface area contributed by atoms with E-state index in [9.17, 15) is 0 Å². The van der Waals surface area contributed by atoms with Crippen molar-refractivity contribution >= 4 is 5.95 Å². The fraction of sp³-hybridized carbons (Fsp3) is 0.727. The molecule has 0 spiro atoms. The molecule has 0 aromatic carbocycles. The maximum absolute atomic E-state index is 5.19. The highest BCUT2D eigenvalue weighted by molar-refractivity contribution is 5.28. The zero-order chi connectivity index (χ0) is 13.2. The first-order valence-electron chi connectivity index (χ1n) is 6.49. The molecule has 3 heterocycles. The highest BCUT2D eigenvalue weighted by Gasteiger charge is 2.24. The van der Waals surface area contributed by atoms with Gasteiger partial charge in [-0.2, -0.15) is 4.98 Å². The van der Waals surface area contributed by atoms with Crippen LogP contribution in [-0.4, -0.2) is 43.4 Å². The van der Waals surface area contributed by atoms with Gasteiger partial charge in [0.1, 0.15) is 0 Å². The highest BCUT2D eigenvalue weighted by atomic mass is 16.5. The van der Waals surface area contributed by atoms with Gasteiger partial charge in [0.2, 0.25) is 11.8 Å². The first-order valence-corrected chi connectivity index (χ1v) is 6.49. The molecule has 8 nitrogen and oxygen atoms in total. The van der Waals surface area contributed by atoms with Crippen LogP contribution >= 0.6 is 0 Å². The van der Waals surface area contributed by atoms with E-state index in [0.717, 1.165) is 37.8 Å². The van der Waals surface area contributed by atoms with Gasteiger partial charge >= 0.3 is 0 Å². The Morgan fingerprint density at radius 2 is 2.32 bits per heavy atom. The summed E-state index contributed by atoms with van der Waals surface area (Å²) in [6.45, 7) is 3.76. The molecule has 0 radical (unpaired) electrons. The Morgan fingerprint density at radius 1 is 1.42 bits per heavy atom. The van der Waals surface area contributed by atoms with Gasteiger partial charge in [0.15, 0.2) is 5.82 Å². The van der Waals surface area contributed by atoms with Gasteiger partial charge in [-0.25, -0.2) is 4.68 Å². The number of aryl methyl sites for hydroxylation is 2. The van der Waals surface area contributed by atoms with Crippen LogP contribution in [0.25, 0.3) is 0 Å². The van der Waals surface area contributed by atoms with Gasteiger partial charge < -0.3 is 9.42 Å². The van der Waals surface area contributed by atoms with Gasteiger partial charge in [-0.1, -0.05) is 10.3 Å². The zero-order valence-corrected chi connectivity index (χ0v) is 11.2. The predicted octanol–water partition coefficient (Wildman–Crippen LogP) is 0.361. The molecule has 1 unspecified atom stereocenters. The van der Waals surface area contributed by atoms with E-state index < -0.39 is 0 Å². The van der Waals surface area contributed by atoms with Gasteiger partial charge in [0.05, 0.1) is 0 Å². The van der Waals surface area contributed by atoms with E-state index in [4.69, 9.17) is 4.52 Å². The van der Waals surface area contributed by atoms with Crippen LogP contribution in [0.15, 0.2) is 4.52 Å². The van der Waals surface area contributed by atoms with Gasteiger partial charge in [0, 0.05) is 26.6 Å². The minimum absolute atomic E-state index is 0.505. The molecule has 1 atom stereocenters. The van der Waals surface area contributed by atoms with E-state index in [1.54, 1.807) is 4.68 Å². The Balaban J connectivity index is 1.66. The van der Waals surface area contributed by atoms with Crippen LogP contribution in [0, 0.1) is 12.8 Å². The molecular weight excluding hydrogens is 246 g/mol. The lowest BCUT2D eigenvalue weighted by molar-refractivity contribution is 0.327. The molecule has 0 N–H and O–H groups in total. The monoisotopic (exact) mass is 263 g/mol. The van der Waals surface area contributed by atoms with Crippen LogP contribution < -0.4 is 4.90 Å². The van der Waals surface area contributed by atoms with Crippen molar-refractivity contribution in [1.29, 1.82) is 0 Å². The molecule has 2 aromatic rings. The number of piperidine rings is 1. The fourth-order valence-electron chi connectivity index (χ4n) is 2.58. The number of anilines is 1. The van der Waals surface area contributed by atoms with Crippen molar-refractivity contribution in [3.05, 3.63) is 11.7 Å². The minimum Gasteiger partial charge on any atom is -0.339 e. The summed E-state index contributed by atoms with van der Waals surface area (Å²) in [6.07, 6.45) is 3.12. The average Bonchev–Trinajstić information content (AvgIpc) is 2.99. The third-order valence-corrected chi connectivity index (χ3v) is 3.43. The molecule has 19 heavy (non-hydrogen) atoms. The van der Waals surface area contributed by atoms with Crippen LogP contribution in [-0.2, 0) is 13.5 Å². The van der Waals surface area contributed by atoms with Crippen LogP contribution in [0.1, 0.15) is 24.6 Å². The summed E-state index contributed by atoms with van der Waals surface area (Å²) in [4.78, 5) is 6.49. The van der Waals surface area contributed by atoms with Gasteiger partial charge in [-0.15, -0.1) is 0 Å². The highest BCUT2D eigenvalue weighted by Crippen LogP contribution is 2.23. The quantitative estimate of drug-likeness (QED) is 0.790. The summed E-state index contributed by atoms with van der Waals surface area (Å²) in [5.74, 6) is 2.75. The van der Waals surface area contributed by atoms with E-state index >= 15 is 0 Å². The number of rotatable bonds is 3. The van der Waals surface area contributed by atoms with Crippen LogP contribution in [0.2, 0.25) is 0 Å². The first-order chi connectivity index (χ1) is 9.22. The first kappa shape index (κ1) is 12.1. The second-order valence-corrected chi connectivity index (χ2v) is 5.00. The van der Waals surface area contributed by atoms with Crippen LogP contribution in [0.4, 0.5) is 5.95 Å². The molecule has 1 aliphatic heterocycles. The molecular formula is C11H17N7O. The van der Waals surface area contributed by atoms with Crippen LogP contribution in [0.3, 0.4) is 0 Å². The molecule has 1 aliphatic rings. The Kier molecular flexibility index (Phi) is 3.14. The average molecular weight is 263 g/mol. The van der Waals surface area contributed by atoms with E-state index in [0.29, 0.717) is 11.7 Å². The smallest absolute Gasteiger partial charge is 0.245 e. The normalized spacial score (nSPS) is 19.9. The molecule has 3 rings (SSSR count). The summed E-state index contributed by atoms with van der Waals surface area (Å²) in [6, 6.07) is 0. The van der Waals surface area contributed by atoms with Gasteiger partial charge in [0.25, 0.3) is 0 Å². The Labute approximate surface area is 110 Å². The van der Waals surface area contributed by atoms with Gasteiger partial charge in [-0.3, -0.25) is 0 Å². The van der Waals surface area contributed by atoms with Crippen molar-refractivity contribution in [1.82, 2.24) is 30.3 Å². The number of hydrogen-bond donors (Lipinski definition) is 0. The maximum atomic E-state index is 5.19. The second kappa shape index (κ2) is 4.94. The van der Waals surface area contributed by atoms with Crippen molar-refractivity contribution in [3.63, 3.8) is 0 Å². The Hall–Kier alpha value is -1.99. The topological polar surface area (TPSA) is 85.8 Å². The number of aromatic nitrogens is 6. The van der Waals surface area contributed by atoms with E-state index in [-0.39, 0.29) is 0 Å². The van der Waals surface area contributed by atoms with Crippen molar-refractivity contribution in [3.8, 4) is 0 Å². The van der Waals surface area contributed by atoms with E-state index in [1.807, 2.05) is 14.0 Å². The molecule has 102 valence electrons. The number of nitrogens with zero attached hydrogens (tertiary/aromatic N) is 7. The van der Waals surface area contributed by atoms with Crippen molar-refractivity contribution in [2.75, 3.05) is 18.0 Å². The summed E-state index contributed by atoms with van der Waals surface area (Å²) < 4.78 is 6.90. The molecule has 0 aliphatic carbocycles. The molecule has 0 amide bonds. The fourth-order valence-corrected chi connectivity index (χ4v) is 2.58. The van der Waals surface area contributed by atoms with Crippen LogP contribution in [0.5, 0.6) is 0 Å². The van der Waals surface area contributed by atoms with Crippen molar-refractivity contribution in [2.45, 2.75) is 26.2 Å².